The Labute approximate surface area is 125 Å². The third-order valence-corrected chi connectivity index (χ3v) is 3.99. The van der Waals surface area contributed by atoms with Crippen LogP contribution in [0.4, 0.5) is 0 Å². The number of para-hydroxylation sites is 1. The lowest BCUT2D eigenvalue weighted by molar-refractivity contribution is 0.101. The summed E-state index contributed by atoms with van der Waals surface area (Å²) in [5.74, 6) is 1.68. The zero-order chi connectivity index (χ0) is 14.7. The molecule has 21 heavy (non-hydrogen) atoms. The summed E-state index contributed by atoms with van der Waals surface area (Å²) in [5.41, 5.74) is 7.15. The molecule has 1 fully saturated rings. The zero-order valence-corrected chi connectivity index (χ0v) is 12.6. The summed E-state index contributed by atoms with van der Waals surface area (Å²) in [5, 5.41) is 1.11. The molecule has 1 heterocycles. The highest BCUT2D eigenvalue weighted by Crippen LogP contribution is 2.28. The monoisotopic (exact) mass is 288 g/mol. The first-order valence-corrected chi connectivity index (χ1v) is 7.72. The van der Waals surface area contributed by atoms with Gasteiger partial charge in [-0.15, -0.1) is 0 Å². The van der Waals surface area contributed by atoms with Gasteiger partial charge in [0.15, 0.2) is 0 Å². The largest absolute Gasteiger partial charge is 0.459 e. The molecule has 1 aromatic heterocycles. The standard InChI is InChI=1S/C17H24N2O2/c1-19(8-9-20-12-13-6-7-13)11-15(18)17-10-14-4-2-3-5-16(14)21-17/h2-5,10,13,15H,6-9,11-12,18H2,1H3. The molecule has 0 amide bonds. The Kier molecular flexibility index (Phi) is 4.58. The van der Waals surface area contributed by atoms with Crippen molar-refractivity contribution in [3.63, 3.8) is 0 Å². The van der Waals surface area contributed by atoms with Gasteiger partial charge in [-0.05, 0) is 37.9 Å². The van der Waals surface area contributed by atoms with Crippen LogP contribution < -0.4 is 5.73 Å². The fourth-order valence-electron chi connectivity index (χ4n) is 2.46. The Morgan fingerprint density at radius 3 is 2.95 bits per heavy atom. The van der Waals surface area contributed by atoms with Gasteiger partial charge in [0, 0.05) is 25.1 Å². The van der Waals surface area contributed by atoms with E-state index < -0.39 is 0 Å². The summed E-state index contributed by atoms with van der Waals surface area (Å²) in [7, 11) is 2.07. The summed E-state index contributed by atoms with van der Waals surface area (Å²) in [6, 6.07) is 9.94. The first kappa shape index (κ1) is 14.6. The highest BCUT2D eigenvalue weighted by atomic mass is 16.5. The second-order valence-corrected chi connectivity index (χ2v) is 6.07. The molecule has 1 saturated carbocycles. The highest BCUT2D eigenvalue weighted by molar-refractivity contribution is 5.77. The van der Waals surface area contributed by atoms with E-state index in [0.717, 1.165) is 49.0 Å². The molecule has 3 rings (SSSR count). The molecule has 4 heteroatoms. The van der Waals surface area contributed by atoms with Gasteiger partial charge in [-0.1, -0.05) is 18.2 Å². The van der Waals surface area contributed by atoms with Crippen molar-refractivity contribution in [2.45, 2.75) is 18.9 Å². The maximum Gasteiger partial charge on any atom is 0.134 e. The fourth-order valence-corrected chi connectivity index (χ4v) is 2.46. The molecule has 2 N–H and O–H groups in total. The predicted molar refractivity (Wildman–Crippen MR) is 84.2 cm³/mol. The van der Waals surface area contributed by atoms with Gasteiger partial charge < -0.3 is 19.8 Å². The van der Waals surface area contributed by atoms with Crippen LogP contribution in [0.1, 0.15) is 24.6 Å². The summed E-state index contributed by atoms with van der Waals surface area (Å²) in [6.45, 7) is 3.37. The number of furan rings is 1. The zero-order valence-electron chi connectivity index (χ0n) is 12.6. The van der Waals surface area contributed by atoms with E-state index in [1.165, 1.54) is 12.8 Å². The van der Waals surface area contributed by atoms with Crippen LogP contribution in [0.5, 0.6) is 0 Å². The Morgan fingerprint density at radius 1 is 1.38 bits per heavy atom. The Bertz CT molecular complexity index is 544. The lowest BCUT2D eigenvalue weighted by Gasteiger charge is -2.19. The van der Waals surface area contributed by atoms with Crippen molar-refractivity contribution in [2.75, 3.05) is 33.4 Å². The first-order valence-electron chi connectivity index (χ1n) is 7.72. The molecule has 114 valence electrons. The highest BCUT2D eigenvalue weighted by Gasteiger charge is 2.21. The van der Waals surface area contributed by atoms with Crippen LogP contribution >= 0.6 is 0 Å². The fraction of sp³-hybridized carbons (Fsp3) is 0.529. The Hall–Kier alpha value is -1.36. The topological polar surface area (TPSA) is 51.6 Å². The molecule has 1 aromatic carbocycles. The number of ether oxygens (including phenoxy) is 1. The summed E-state index contributed by atoms with van der Waals surface area (Å²) in [6.07, 6.45) is 2.68. The van der Waals surface area contributed by atoms with E-state index in [9.17, 15) is 0 Å². The lowest BCUT2D eigenvalue weighted by atomic mass is 10.2. The van der Waals surface area contributed by atoms with E-state index in [1.54, 1.807) is 0 Å². The average Bonchev–Trinajstić information content (AvgIpc) is 3.19. The van der Waals surface area contributed by atoms with Crippen molar-refractivity contribution in [2.24, 2.45) is 11.7 Å². The quantitative estimate of drug-likeness (QED) is 0.759. The molecule has 0 saturated heterocycles. The molecule has 0 aliphatic heterocycles. The van der Waals surface area contributed by atoms with E-state index in [4.69, 9.17) is 14.9 Å². The number of likely N-dealkylation sites (N-methyl/N-ethyl adjacent to an activating group) is 1. The molecule has 4 nitrogen and oxygen atoms in total. The maximum absolute atomic E-state index is 6.25. The minimum Gasteiger partial charge on any atom is -0.459 e. The minimum atomic E-state index is -0.106. The minimum absolute atomic E-state index is 0.106. The van der Waals surface area contributed by atoms with Crippen LogP contribution in [-0.4, -0.2) is 38.3 Å². The molecule has 2 aromatic rings. The van der Waals surface area contributed by atoms with E-state index in [2.05, 4.69) is 11.9 Å². The van der Waals surface area contributed by atoms with Crippen molar-refractivity contribution in [3.05, 3.63) is 36.1 Å². The van der Waals surface area contributed by atoms with Crippen LogP contribution in [0.25, 0.3) is 11.0 Å². The number of nitrogens with two attached hydrogens (primary N) is 1. The SMILES string of the molecule is CN(CCOCC1CC1)CC(N)c1cc2ccccc2o1. The van der Waals surface area contributed by atoms with Gasteiger partial charge in [0.25, 0.3) is 0 Å². The summed E-state index contributed by atoms with van der Waals surface area (Å²) < 4.78 is 11.5. The van der Waals surface area contributed by atoms with Crippen molar-refractivity contribution in [3.8, 4) is 0 Å². The van der Waals surface area contributed by atoms with E-state index in [-0.39, 0.29) is 6.04 Å². The van der Waals surface area contributed by atoms with E-state index in [0.29, 0.717) is 0 Å². The first-order chi connectivity index (χ1) is 10.2. The lowest BCUT2D eigenvalue weighted by Crippen LogP contribution is -2.31. The van der Waals surface area contributed by atoms with Gasteiger partial charge in [-0.25, -0.2) is 0 Å². The van der Waals surface area contributed by atoms with Crippen LogP contribution in [0.3, 0.4) is 0 Å². The molecule has 1 atom stereocenters. The normalized spacial score (nSPS) is 16.7. The number of nitrogens with zero attached hydrogens (tertiary/aromatic N) is 1. The maximum atomic E-state index is 6.25. The molecule has 0 spiro atoms. The molecular formula is C17H24N2O2. The number of fused-ring (bicyclic) bond motifs is 1. The van der Waals surface area contributed by atoms with Gasteiger partial charge in [0.1, 0.15) is 11.3 Å². The second-order valence-electron chi connectivity index (χ2n) is 6.07. The smallest absolute Gasteiger partial charge is 0.134 e. The number of benzene rings is 1. The van der Waals surface area contributed by atoms with Crippen molar-refractivity contribution < 1.29 is 9.15 Å². The van der Waals surface area contributed by atoms with E-state index >= 15 is 0 Å². The van der Waals surface area contributed by atoms with Gasteiger partial charge in [0.05, 0.1) is 12.6 Å². The van der Waals surface area contributed by atoms with E-state index in [1.807, 2.05) is 30.3 Å². The number of hydrogen-bond donors (Lipinski definition) is 1. The molecule has 1 unspecified atom stereocenters. The third-order valence-electron chi connectivity index (χ3n) is 3.99. The molecule has 1 aliphatic rings. The Balaban J connectivity index is 1.46. The van der Waals surface area contributed by atoms with Crippen molar-refractivity contribution >= 4 is 11.0 Å². The molecule has 0 bridgehead atoms. The van der Waals surface area contributed by atoms with Gasteiger partial charge in [0.2, 0.25) is 0 Å². The molecular weight excluding hydrogens is 264 g/mol. The average molecular weight is 288 g/mol. The Morgan fingerprint density at radius 2 is 2.19 bits per heavy atom. The summed E-state index contributed by atoms with van der Waals surface area (Å²) >= 11 is 0. The summed E-state index contributed by atoms with van der Waals surface area (Å²) in [4.78, 5) is 2.20. The predicted octanol–water partition coefficient (Wildman–Crippen LogP) is 2.79. The van der Waals surface area contributed by atoms with Gasteiger partial charge in [-0.2, -0.15) is 0 Å². The van der Waals surface area contributed by atoms with Crippen molar-refractivity contribution in [1.82, 2.24) is 4.90 Å². The van der Waals surface area contributed by atoms with Gasteiger partial charge in [-0.3, -0.25) is 0 Å². The number of rotatable bonds is 8. The molecule has 1 aliphatic carbocycles. The van der Waals surface area contributed by atoms with Crippen LogP contribution in [0.15, 0.2) is 34.7 Å². The van der Waals surface area contributed by atoms with Crippen LogP contribution in [-0.2, 0) is 4.74 Å². The van der Waals surface area contributed by atoms with Gasteiger partial charge >= 0.3 is 0 Å². The van der Waals surface area contributed by atoms with Crippen LogP contribution in [0.2, 0.25) is 0 Å². The molecule has 0 radical (unpaired) electrons. The van der Waals surface area contributed by atoms with Crippen molar-refractivity contribution in [1.29, 1.82) is 0 Å². The number of hydrogen-bond acceptors (Lipinski definition) is 4. The van der Waals surface area contributed by atoms with Crippen LogP contribution in [0, 0.1) is 5.92 Å². The second kappa shape index (κ2) is 6.60. The third kappa shape index (κ3) is 4.06.